The first kappa shape index (κ1) is 14.2. The molecule has 0 unspecified atom stereocenters. The Morgan fingerprint density at radius 3 is 2.65 bits per heavy atom. The van der Waals surface area contributed by atoms with Crippen molar-refractivity contribution >= 4 is 23.2 Å². The summed E-state index contributed by atoms with van der Waals surface area (Å²) in [5.74, 6) is 0.401. The van der Waals surface area contributed by atoms with Crippen LogP contribution in [0.4, 0.5) is 5.69 Å². The Bertz CT molecular complexity index is 643. The van der Waals surface area contributed by atoms with Crippen LogP contribution in [-0.4, -0.2) is 25.2 Å². The molecule has 1 N–H and O–H groups in total. The molecule has 0 heterocycles. The summed E-state index contributed by atoms with van der Waals surface area (Å²) >= 11 is 5.82. The molecule has 0 bridgehead atoms. The van der Waals surface area contributed by atoms with Gasteiger partial charge in [-0.15, -0.1) is 0 Å². The van der Waals surface area contributed by atoms with Crippen molar-refractivity contribution in [1.29, 1.82) is 0 Å². The fraction of sp³-hybridized carbons (Fsp3) is 0.133. The minimum absolute atomic E-state index is 0.0488. The van der Waals surface area contributed by atoms with Crippen molar-refractivity contribution in [2.24, 2.45) is 0 Å². The van der Waals surface area contributed by atoms with Crippen LogP contribution in [0, 0.1) is 0 Å². The van der Waals surface area contributed by atoms with E-state index in [0.717, 1.165) is 0 Å². The number of phenolic OH excluding ortho intramolecular Hbond substituents is 1. The number of hydrogen-bond donors (Lipinski definition) is 1. The van der Waals surface area contributed by atoms with Crippen LogP contribution >= 0.6 is 11.6 Å². The average Bonchev–Trinajstić information content (AvgIpc) is 2.48. The quantitative estimate of drug-likeness (QED) is 0.943. The minimum atomic E-state index is -0.222. The molecule has 0 atom stereocenters. The summed E-state index contributed by atoms with van der Waals surface area (Å²) in [5, 5.41) is 9.52. The minimum Gasteiger partial charge on any atom is -0.506 e. The summed E-state index contributed by atoms with van der Waals surface area (Å²) in [5.41, 5.74) is 1.11. The van der Waals surface area contributed by atoms with Gasteiger partial charge in [-0.05, 0) is 30.3 Å². The van der Waals surface area contributed by atoms with Crippen molar-refractivity contribution in [3.63, 3.8) is 0 Å². The van der Waals surface area contributed by atoms with Crippen LogP contribution in [0.3, 0.4) is 0 Å². The molecule has 0 saturated carbocycles. The Balaban J connectivity index is 2.29. The van der Waals surface area contributed by atoms with Crippen LogP contribution in [0.5, 0.6) is 11.5 Å². The van der Waals surface area contributed by atoms with E-state index in [1.54, 1.807) is 26.3 Å². The third kappa shape index (κ3) is 2.86. The van der Waals surface area contributed by atoms with E-state index >= 15 is 0 Å². The predicted molar refractivity (Wildman–Crippen MR) is 78.8 cm³/mol. The van der Waals surface area contributed by atoms with Crippen molar-refractivity contribution in [2.45, 2.75) is 0 Å². The molecule has 0 radical (unpaired) electrons. The van der Waals surface area contributed by atoms with E-state index in [1.807, 2.05) is 12.1 Å². The molecule has 2 aromatic rings. The fourth-order valence-corrected chi connectivity index (χ4v) is 1.95. The number of hydrogen-bond acceptors (Lipinski definition) is 3. The standard InChI is InChI=1S/C15H14ClNO3/c1-17(11-4-3-5-12(9-11)20-2)15(19)10-6-7-14(18)13(16)8-10/h3-9,18H,1-2H3. The van der Waals surface area contributed by atoms with Crippen LogP contribution in [-0.2, 0) is 0 Å². The van der Waals surface area contributed by atoms with Gasteiger partial charge in [0.2, 0.25) is 0 Å². The molecule has 1 amide bonds. The maximum Gasteiger partial charge on any atom is 0.258 e. The van der Waals surface area contributed by atoms with Gasteiger partial charge in [0, 0.05) is 24.4 Å². The third-order valence-electron chi connectivity index (χ3n) is 2.94. The molecule has 4 nitrogen and oxygen atoms in total. The van der Waals surface area contributed by atoms with Crippen molar-refractivity contribution < 1.29 is 14.6 Å². The number of methoxy groups -OCH3 is 1. The lowest BCUT2D eigenvalue weighted by atomic mass is 10.1. The van der Waals surface area contributed by atoms with Gasteiger partial charge in [-0.1, -0.05) is 17.7 Å². The highest BCUT2D eigenvalue weighted by molar-refractivity contribution is 6.32. The van der Waals surface area contributed by atoms with Gasteiger partial charge in [-0.2, -0.15) is 0 Å². The number of phenols is 1. The van der Waals surface area contributed by atoms with Crippen LogP contribution < -0.4 is 9.64 Å². The maximum atomic E-state index is 12.4. The van der Waals surface area contributed by atoms with E-state index in [9.17, 15) is 9.90 Å². The van der Waals surface area contributed by atoms with Crippen LogP contribution in [0.2, 0.25) is 5.02 Å². The highest BCUT2D eigenvalue weighted by Gasteiger charge is 2.15. The zero-order chi connectivity index (χ0) is 14.7. The first-order valence-corrected chi connectivity index (χ1v) is 6.31. The number of amides is 1. The molecular weight excluding hydrogens is 278 g/mol. The Labute approximate surface area is 122 Å². The monoisotopic (exact) mass is 291 g/mol. The lowest BCUT2D eigenvalue weighted by molar-refractivity contribution is 0.0993. The van der Waals surface area contributed by atoms with Crippen molar-refractivity contribution in [3.8, 4) is 11.5 Å². The SMILES string of the molecule is COc1cccc(N(C)C(=O)c2ccc(O)c(Cl)c2)c1. The topological polar surface area (TPSA) is 49.8 Å². The number of halogens is 1. The van der Waals surface area contributed by atoms with Gasteiger partial charge in [-0.25, -0.2) is 0 Å². The van der Waals surface area contributed by atoms with Gasteiger partial charge in [0.1, 0.15) is 11.5 Å². The Hall–Kier alpha value is -2.20. The van der Waals surface area contributed by atoms with Gasteiger partial charge in [0.15, 0.2) is 0 Å². The number of carbonyl (C=O) groups is 1. The number of ether oxygens (including phenoxy) is 1. The molecule has 0 saturated heterocycles. The molecule has 0 aliphatic carbocycles. The molecule has 0 aliphatic rings. The Morgan fingerprint density at radius 2 is 2.00 bits per heavy atom. The molecule has 5 heteroatoms. The van der Waals surface area contributed by atoms with Crippen LogP contribution in [0.15, 0.2) is 42.5 Å². The van der Waals surface area contributed by atoms with Gasteiger partial charge in [0.25, 0.3) is 5.91 Å². The van der Waals surface area contributed by atoms with Gasteiger partial charge in [-0.3, -0.25) is 4.79 Å². The molecular formula is C15H14ClNO3. The first-order chi connectivity index (χ1) is 9.52. The largest absolute Gasteiger partial charge is 0.506 e. The second-order valence-corrected chi connectivity index (χ2v) is 4.64. The van der Waals surface area contributed by atoms with Gasteiger partial charge >= 0.3 is 0 Å². The highest BCUT2D eigenvalue weighted by Crippen LogP contribution is 2.26. The number of benzene rings is 2. The van der Waals surface area contributed by atoms with E-state index in [0.29, 0.717) is 17.0 Å². The predicted octanol–water partition coefficient (Wildman–Crippen LogP) is 3.33. The van der Waals surface area contributed by atoms with Crippen molar-refractivity contribution in [3.05, 3.63) is 53.1 Å². The average molecular weight is 292 g/mol. The van der Waals surface area contributed by atoms with Crippen molar-refractivity contribution in [1.82, 2.24) is 0 Å². The van der Waals surface area contributed by atoms with Gasteiger partial charge < -0.3 is 14.7 Å². The highest BCUT2D eigenvalue weighted by atomic mass is 35.5. The molecule has 2 rings (SSSR count). The third-order valence-corrected chi connectivity index (χ3v) is 3.24. The summed E-state index contributed by atoms with van der Waals surface area (Å²) in [6.07, 6.45) is 0. The molecule has 0 spiro atoms. The summed E-state index contributed by atoms with van der Waals surface area (Å²) in [6.45, 7) is 0. The molecule has 0 fully saturated rings. The smallest absolute Gasteiger partial charge is 0.258 e. The summed E-state index contributed by atoms with van der Waals surface area (Å²) < 4.78 is 5.13. The number of nitrogens with zero attached hydrogens (tertiary/aromatic N) is 1. The van der Waals surface area contributed by atoms with E-state index < -0.39 is 0 Å². The van der Waals surface area contributed by atoms with Crippen LogP contribution in [0.1, 0.15) is 10.4 Å². The second-order valence-electron chi connectivity index (χ2n) is 4.23. The van der Waals surface area contributed by atoms with E-state index in [1.165, 1.54) is 23.1 Å². The van der Waals surface area contributed by atoms with E-state index in [4.69, 9.17) is 16.3 Å². The zero-order valence-electron chi connectivity index (χ0n) is 11.1. The maximum absolute atomic E-state index is 12.4. The Morgan fingerprint density at radius 1 is 1.25 bits per heavy atom. The molecule has 0 aliphatic heterocycles. The number of carbonyl (C=O) groups excluding carboxylic acids is 1. The number of aromatic hydroxyl groups is 1. The van der Waals surface area contributed by atoms with E-state index in [2.05, 4.69) is 0 Å². The van der Waals surface area contributed by atoms with Gasteiger partial charge in [0.05, 0.1) is 12.1 Å². The van der Waals surface area contributed by atoms with E-state index in [-0.39, 0.29) is 16.7 Å². The molecule has 20 heavy (non-hydrogen) atoms. The van der Waals surface area contributed by atoms with Crippen LogP contribution in [0.25, 0.3) is 0 Å². The zero-order valence-corrected chi connectivity index (χ0v) is 11.9. The summed E-state index contributed by atoms with van der Waals surface area (Å²) in [7, 11) is 3.23. The summed E-state index contributed by atoms with van der Waals surface area (Å²) in [4.78, 5) is 13.8. The second kappa shape index (κ2) is 5.84. The molecule has 0 aromatic heterocycles. The number of anilines is 1. The lowest BCUT2D eigenvalue weighted by Crippen LogP contribution is -2.26. The first-order valence-electron chi connectivity index (χ1n) is 5.93. The van der Waals surface area contributed by atoms with Crippen molar-refractivity contribution in [2.75, 3.05) is 19.1 Å². The Kier molecular flexibility index (Phi) is 4.15. The lowest BCUT2D eigenvalue weighted by Gasteiger charge is -2.18. The summed E-state index contributed by atoms with van der Waals surface area (Å²) in [6, 6.07) is 11.6. The number of rotatable bonds is 3. The fourth-order valence-electron chi connectivity index (χ4n) is 1.77. The molecule has 2 aromatic carbocycles. The normalized spacial score (nSPS) is 10.2. The molecule has 104 valence electrons.